The number of unbranched alkanes of at least 4 members (excludes halogenated alkanes) is 4. The minimum Gasteiger partial charge on any atom is -0.491 e. The number of ether oxygens (including phenoxy) is 3. The van der Waals surface area contributed by atoms with Gasteiger partial charge in [-0.05, 0) is 86.8 Å². The molecular formula is C40H46Cl2N10O4. The minimum atomic E-state index is -1.16. The number of nitrogens with zero attached hydrogens (tertiary/aromatic N) is 10. The Kier molecular flexibility index (Phi) is 11.4. The smallest absolute Gasteiger partial charge is 0.350 e. The van der Waals surface area contributed by atoms with Crippen LogP contribution in [0.5, 0.6) is 5.75 Å². The molecule has 0 spiro atoms. The lowest BCUT2D eigenvalue weighted by Gasteiger charge is -2.37. The van der Waals surface area contributed by atoms with Gasteiger partial charge in [-0.2, -0.15) is 20.4 Å². The quantitative estimate of drug-likeness (QED) is 0.0903. The zero-order valence-corrected chi connectivity index (χ0v) is 32.9. The number of anilines is 2. The molecular weight excluding hydrogens is 755 g/mol. The van der Waals surface area contributed by atoms with Gasteiger partial charge in [0.1, 0.15) is 44.0 Å². The third-order valence-corrected chi connectivity index (χ3v) is 11.2. The number of aromatic nitrogens is 6. The van der Waals surface area contributed by atoms with E-state index in [-0.39, 0.29) is 24.0 Å². The standard InChI is InChI=1S/C40H46Cl2N10O4/c1-39(46-47-39)17-5-3-2-4-6-18-52-38(53)51(29-45-52)33-10-8-31(9-11-33)48-19-21-49(22-20-48)32-12-14-34(15-13-32)54-24-35-25-55-40(56-35,26-50-28-43-27-44-50)36-16-7-30(41)23-37(36)42/h7-16,23,27-29,35H,2-6,17-22,24-26H2,1H3/t35-,40-/m1/s1. The van der Waals surface area contributed by atoms with Gasteiger partial charge in [0, 0.05) is 54.7 Å². The average Bonchev–Trinajstić information content (AvgIpc) is 3.53. The molecule has 3 aromatic carbocycles. The van der Waals surface area contributed by atoms with E-state index in [1.165, 1.54) is 12.7 Å². The maximum Gasteiger partial charge on any atom is 0.350 e. The van der Waals surface area contributed by atoms with Crippen molar-refractivity contribution in [1.29, 1.82) is 0 Å². The predicted octanol–water partition coefficient (Wildman–Crippen LogP) is 7.13. The van der Waals surface area contributed by atoms with Gasteiger partial charge < -0.3 is 24.0 Å². The van der Waals surface area contributed by atoms with E-state index < -0.39 is 5.79 Å². The Labute approximate surface area is 335 Å². The third kappa shape index (κ3) is 8.94. The molecule has 14 nitrogen and oxygen atoms in total. The molecule has 56 heavy (non-hydrogen) atoms. The van der Waals surface area contributed by atoms with E-state index in [4.69, 9.17) is 37.4 Å². The van der Waals surface area contributed by atoms with Crippen LogP contribution in [0.1, 0.15) is 51.0 Å². The summed E-state index contributed by atoms with van der Waals surface area (Å²) in [5, 5.41) is 17.7. The normalized spacial score (nSPS) is 20.2. The first-order valence-corrected chi connectivity index (χ1v) is 20.0. The van der Waals surface area contributed by atoms with E-state index in [0.717, 1.165) is 81.1 Å². The van der Waals surface area contributed by atoms with Crippen LogP contribution in [0.3, 0.4) is 0 Å². The van der Waals surface area contributed by atoms with Crippen LogP contribution in [0.25, 0.3) is 5.69 Å². The SMILES string of the molecule is CC1(CCCCCCCn2ncn(-c3ccc(N4CCN(c5ccc(OC[C@@H]6CO[C@@](Cn7cncn7)(c7ccc(Cl)cc7Cl)O6)cc5)CC4)cc3)c2=O)N=N1. The first-order valence-electron chi connectivity index (χ1n) is 19.3. The topological polar surface area (TPSA) is 129 Å². The van der Waals surface area contributed by atoms with Crippen molar-refractivity contribution < 1.29 is 14.2 Å². The molecule has 5 heterocycles. The number of halogens is 2. The van der Waals surface area contributed by atoms with Crippen molar-refractivity contribution in [2.75, 3.05) is 49.2 Å². The van der Waals surface area contributed by atoms with E-state index in [1.807, 2.05) is 30.3 Å². The number of hydrogen-bond donors (Lipinski definition) is 0. The highest BCUT2D eigenvalue weighted by atomic mass is 35.5. The molecule has 5 aromatic rings. The maximum absolute atomic E-state index is 13.1. The van der Waals surface area contributed by atoms with Crippen molar-refractivity contribution in [1.82, 2.24) is 29.1 Å². The van der Waals surface area contributed by atoms with Crippen molar-refractivity contribution in [3.8, 4) is 11.4 Å². The Morgan fingerprint density at radius 2 is 1.50 bits per heavy atom. The van der Waals surface area contributed by atoms with Gasteiger partial charge in [-0.15, -0.1) is 0 Å². The Bertz CT molecular complexity index is 2140. The number of aryl methyl sites for hydroxylation is 1. The molecule has 294 valence electrons. The van der Waals surface area contributed by atoms with Crippen LogP contribution >= 0.6 is 23.2 Å². The molecule has 2 aromatic heterocycles. The Morgan fingerprint density at radius 3 is 2.18 bits per heavy atom. The molecule has 3 aliphatic heterocycles. The lowest BCUT2D eigenvalue weighted by atomic mass is 10.1. The summed E-state index contributed by atoms with van der Waals surface area (Å²) in [6.45, 7) is 7.11. The monoisotopic (exact) mass is 800 g/mol. The second-order valence-electron chi connectivity index (χ2n) is 14.8. The van der Waals surface area contributed by atoms with Crippen molar-refractivity contribution in [3.05, 3.63) is 112 Å². The first-order chi connectivity index (χ1) is 27.3. The highest BCUT2D eigenvalue weighted by Gasteiger charge is 2.45. The Balaban J connectivity index is 0.786. The number of hydrogen-bond acceptors (Lipinski definition) is 11. The second kappa shape index (κ2) is 16.8. The Hall–Kier alpha value is -4.76. The van der Waals surface area contributed by atoms with Crippen molar-refractivity contribution >= 4 is 34.6 Å². The lowest BCUT2D eigenvalue weighted by Crippen LogP contribution is -2.46. The largest absolute Gasteiger partial charge is 0.491 e. The molecule has 0 unspecified atom stereocenters. The molecule has 0 N–H and O–H groups in total. The fraction of sp³-hybridized carbons (Fsp3) is 0.450. The van der Waals surface area contributed by atoms with E-state index in [9.17, 15) is 4.79 Å². The van der Waals surface area contributed by atoms with Gasteiger partial charge in [-0.1, -0.05) is 48.5 Å². The van der Waals surface area contributed by atoms with Crippen molar-refractivity contribution in [2.24, 2.45) is 10.2 Å². The highest BCUT2D eigenvalue weighted by molar-refractivity contribution is 6.35. The minimum absolute atomic E-state index is 0.0993. The second-order valence-corrected chi connectivity index (χ2v) is 15.6. The molecule has 2 fully saturated rings. The summed E-state index contributed by atoms with van der Waals surface area (Å²) in [7, 11) is 0. The first kappa shape index (κ1) is 38.1. The fourth-order valence-electron chi connectivity index (χ4n) is 7.38. The van der Waals surface area contributed by atoms with E-state index in [2.05, 4.69) is 66.4 Å². The fourth-order valence-corrected chi connectivity index (χ4v) is 7.93. The molecule has 3 aliphatic rings. The predicted molar refractivity (Wildman–Crippen MR) is 214 cm³/mol. The summed E-state index contributed by atoms with van der Waals surface area (Å²) in [6.07, 6.45) is 10.9. The average molecular weight is 802 g/mol. The van der Waals surface area contributed by atoms with Gasteiger partial charge in [-0.3, -0.25) is 0 Å². The summed E-state index contributed by atoms with van der Waals surface area (Å²) in [6, 6.07) is 21.6. The van der Waals surface area contributed by atoms with E-state index in [0.29, 0.717) is 35.4 Å². The zero-order valence-electron chi connectivity index (χ0n) is 31.4. The molecule has 0 saturated carbocycles. The molecule has 16 heteroatoms. The van der Waals surface area contributed by atoms with E-state index in [1.54, 1.807) is 38.7 Å². The van der Waals surface area contributed by atoms with Crippen molar-refractivity contribution in [3.63, 3.8) is 0 Å². The van der Waals surface area contributed by atoms with Crippen LogP contribution in [0.4, 0.5) is 11.4 Å². The zero-order chi connectivity index (χ0) is 38.5. The van der Waals surface area contributed by atoms with Gasteiger partial charge in [0.25, 0.3) is 0 Å². The number of benzene rings is 3. The van der Waals surface area contributed by atoms with E-state index >= 15 is 0 Å². The van der Waals surface area contributed by atoms with Gasteiger partial charge in [0.2, 0.25) is 5.79 Å². The maximum atomic E-state index is 13.1. The van der Waals surface area contributed by atoms with Crippen molar-refractivity contribution in [2.45, 2.75) is 76.1 Å². The van der Waals surface area contributed by atoms with Crippen LogP contribution in [0, 0.1) is 0 Å². The molecule has 0 bridgehead atoms. The summed E-state index contributed by atoms with van der Waals surface area (Å²) in [5.41, 5.74) is 3.56. The molecule has 2 saturated heterocycles. The number of rotatable bonds is 17. The summed E-state index contributed by atoms with van der Waals surface area (Å²) in [4.78, 5) is 21.9. The third-order valence-electron chi connectivity index (χ3n) is 10.6. The van der Waals surface area contributed by atoms with Gasteiger partial charge >= 0.3 is 5.69 Å². The summed E-state index contributed by atoms with van der Waals surface area (Å²) >= 11 is 12.8. The molecule has 0 amide bonds. The van der Waals surface area contributed by atoms with Gasteiger partial charge in [-0.25, -0.2) is 23.7 Å². The van der Waals surface area contributed by atoms with Crippen LogP contribution in [-0.2, 0) is 28.4 Å². The highest BCUT2D eigenvalue weighted by Crippen LogP contribution is 2.40. The van der Waals surface area contributed by atoms with Crippen LogP contribution in [-0.4, -0.2) is 80.3 Å². The molecule has 0 aliphatic carbocycles. The molecule has 2 atom stereocenters. The van der Waals surface area contributed by atoms with Crippen LogP contribution in [0.15, 0.2) is 101 Å². The molecule has 8 rings (SSSR count). The lowest BCUT2D eigenvalue weighted by molar-refractivity contribution is -0.190. The molecule has 0 radical (unpaired) electrons. The Morgan fingerprint density at radius 1 is 0.821 bits per heavy atom. The van der Waals surface area contributed by atoms with Gasteiger partial charge in [0.05, 0.1) is 17.3 Å². The van der Waals surface area contributed by atoms with Gasteiger partial charge in [0.15, 0.2) is 5.66 Å². The summed E-state index contributed by atoms with van der Waals surface area (Å²) < 4.78 is 23.8. The van der Waals surface area contributed by atoms with Crippen LogP contribution < -0.4 is 20.2 Å². The summed E-state index contributed by atoms with van der Waals surface area (Å²) in [5.74, 6) is -0.415. The van der Waals surface area contributed by atoms with Crippen LogP contribution in [0.2, 0.25) is 10.0 Å². The number of piperazine rings is 1.